The molecule has 0 saturated heterocycles. The molecule has 2 aromatic carbocycles. The van der Waals surface area contributed by atoms with E-state index < -0.39 is 0 Å². The van der Waals surface area contributed by atoms with Crippen LogP contribution in [-0.2, 0) is 0 Å². The topological polar surface area (TPSA) is 67.2 Å². The van der Waals surface area contributed by atoms with Crippen LogP contribution in [0.4, 0.5) is 21.5 Å². The fourth-order valence-corrected chi connectivity index (χ4v) is 1.85. The average Bonchev–Trinajstić information content (AvgIpc) is 2.45. The molecule has 4 nitrogen and oxygen atoms in total. The summed E-state index contributed by atoms with van der Waals surface area (Å²) < 4.78 is 13.5. The number of hydrogen-bond donors (Lipinski definition) is 3. The quantitative estimate of drug-likeness (QED) is 0.753. The van der Waals surface area contributed by atoms with Crippen molar-refractivity contribution in [1.82, 2.24) is 5.32 Å². The number of nitrogens with one attached hydrogen (secondary N) is 2. The molecule has 0 aromatic heterocycles. The first kappa shape index (κ1) is 13.9. The second kappa shape index (κ2) is 5.61. The highest BCUT2D eigenvalue weighted by Crippen LogP contribution is 2.27. The third-order valence-electron chi connectivity index (χ3n) is 3.08. The molecule has 0 spiro atoms. The molecule has 20 heavy (non-hydrogen) atoms. The average molecular weight is 273 g/mol. The standard InChI is InChI=1S/C15H16FN3O/c1-9-11(16)4-3-5-13(9)19-14-7-6-10(8-12(14)17)15(20)18-2/h3-8,19H,17H2,1-2H3,(H,18,20). The van der Waals surface area contributed by atoms with Gasteiger partial charge in [0.2, 0.25) is 0 Å². The monoisotopic (exact) mass is 273 g/mol. The predicted molar refractivity (Wildman–Crippen MR) is 78.7 cm³/mol. The maximum Gasteiger partial charge on any atom is 0.251 e. The smallest absolute Gasteiger partial charge is 0.251 e. The van der Waals surface area contributed by atoms with Crippen molar-refractivity contribution in [1.29, 1.82) is 0 Å². The molecule has 5 heteroatoms. The maximum atomic E-state index is 13.5. The van der Waals surface area contributed by atoms with Gasteiger partial charge < -0.3 is 16.4 Å². The highest BCUT2D eigenvalue weighted by molar-refractivity contribution is 5.96. The van der Waals surface area contributed by atoms with Crippen molar-refractivity contribution in [3.05, 3.63) is 53.3 Å². The Balaban J connectivity index is 2.30. The van der Waals surface area contributed by atoms with E-state index in [9.17, 15) is 9.18 Å². The van der Waals surface area contributed by atoms with E-state index in [1.54, 1.807) is 44.3 Å². The number of benzene rings is 2. The van der Waals surface area contributed by atoms with Gasteiger partial charge in [0.05, 0.1) is 11.4 Å². The number of nitrogen functional groups attached to an aromatic ring is 1. The molecular formula is C15H16FN3O. The van der Waals surface area contributed by atoms with Crippen molar-refractivity contribution in [2.45, 2.75) is 6.92 Å². The molecule has 0 radical (unpaired) electrons. The fraction of sp³-hybridized carbons (Fsp3) is 0.133. The predicted octanol–water partition coefficient (Wildman–Crippen LogP) is 2.82. The minimum Gasteiger partial charge on any atom is -0.397 e. The Morgan fingerprint density at radius 2 is 1.95 bits per heavy atom. The Bertz CT molecular complexity index is 656. The van der Waals surface area contributed by atoms with Crippen LogP contribution in [0.15, 0.2) is 36.4 Å². The van der Waals surface area contributed by atoms with Crippen LogP contribution in [0.25, 0.3) is 0 Å². The summed E-state index contributed by atoms with van der Waals surface area (Å²) in [6.45, 7) is 1.69. The summed E-state index contributed by atoms with van der Waals surface area (Å²) in [4.78, 5) is 11.5. The molecule has 104 valence electrons. The number of halogens is 1. The summed E-state index contributed by atoms with van der Waals surface area (Å²) in [6.07, 6.45) is 0. The molecule has 0 saturated carbocycles. The van der Waals surface area contributed by atoms with Crippen LogP contribution in [0, 0.1) is 12.7 Å². The first-order chi connectivity index (χ1) is 9.52. The van der Waals surface area contributed by atoms with Gasteiger partial charge in [-0.1, -0.05) is 6.07 Å². The first-order valence-corrected chi connectivity index (χ1v) is 6.16. The lowest BCUT2D eigenvalue weighted by atomic mass is 10.1. The fourth-order valence-electron chi connectivity index (χ4n) is 1.85. The molecular weight excluding hydrogens is 257 g/mol. The van der Waals surface area contributed by atoms with Crippen LogP contribution < -0.4 is 16.4 Å². The van der Waals surface area contributed by atoms with Crippen molar-refractivity contribution in [3.63, 3.8) is 0 Å². The van der Waals surface area contributed by atoms with E-state index in [-0.39, 0.29) is 11.7 Å². The van der Waals surface area contributed by atoms with E-state index in [4.69, 9.17) is 5.73 Å². The lowest BCUT2D eigenvalue weighted by Gasteiger charge is -2.13. The lowest BCUT2D eigenvalue weighted by Crippen LogP contribution is -2.18. The molecule has 0 bridgehead atoms. The molecule has 4 N–H and O–H groups in total. The van der Waals surface area contributed by atoms with E-state index in [2.05, 4.69) is 10.6 Å². The summed E-state index contributed by atoms with van der Waals surface area (Å²) in [5.41, 5.74) is 8.61. The van der Waals surface area contributed by atoms with Gasteiger partial charge in [-0.2, -0.15) is 0 Å². The number of anilines is 3. The third-order valence-corrected chi connectivity index (χ3v) is 3.08. The van der Waals surface area contributed by atoms with E-state index in [0.29, 0.717) is 28.2 Å². The Morgan fingerprint density at radius 3 is 2.60 bits per heavy atom. The molecule has 0 fully saturated rings. The zero-order chi connectivity index (χ0) is 14.7. The normalized spacial score (nSPS) is 10.2. The molecule has 0 atom stereocenters. The molecule has 2 rings (SSSR count). The molecule has 1 amide bonds. The molecule has 0 unspecified atom stereocenters. The molecule has 2 aromatic rings. The Labute approximate surface area is 116 Å². The van der Waals surface area contributed by atoms with Gasteiger partial charge in [0.25, 0.3) is 5.91 Å². The van der Waals surface area contributed by atoms with Crippen LogP contribution in [0.1, 0.15) is 15.9 Å². The van der Waals surface area contributed by atoms with E-state index in [0.717, 1.165) is 0 Å². The number of rotatable bonds is 3. The molecule has 0 aliphatic carbocycles. The minimum atomic E-state index is -0.282. The number of nitrogens with two attached hydrogens (primary N) is 1. The van der Waals surface area contributed by atoms with Crippen molar-refractivity contribution in [2.24, 2.45) is 0 Å². The lowest BCUT2D eigenvalue weighted by molar-refractivity contribution is 0.0963. The van der Waals surface area contributed by atoms with E-state index >= 15 is 0 Å². The Morgan fingerprint density at radius 1 is 1.20 bits per heavy atom. The summed E-state index contributed by atoms with van der Waals surface area (Å²) in [5.74, 6) is -0.485. The minimum absolute atomic E-state index is 0.204. The number of hydrogen-bond acceptors (Lipinski definition) is 3. The molecule has 0 aliphatic heterocycles. The van der Waals surface area contributed by atoms with Gasteiger partial charge in [-0.05, 0) is 37.3 Å². The number of amides is 1. The van der Waals surface area contributed by atoms with Gasteiger partial charge in [-0.15, -0.1) is 0 Å². The van der Waals surface area contributed by atoms with E-state index in [1.807, 2.05) is 0 Å². The van der Waals surface area contributed by atoms with Crippen LogP contribution in [0.2, 0.25) is 0 Å². The summed E-state index contributed by atoms with van der Waals surface area (Å²) >= 11 is 0. The maximum absolute atomic E-state index is 13.5. The van der Waals surface area contributed by atoms with Crippen LogP contribution in [-0.4, -0.2) is 13.0 Å². The van der Waals surface area contributed by atoms with Crippen molar-refractivity contribution >= 4 is 23.0 Å². The van der Waals surface area contributed by atoms with Crippen LogP contribution in [0.3, 0.4) is 0 Å². The summed E-state index contributed by atoms with van der Waals surface area (Å²) in [5, 5.41) is 5.60. The molecule has 0 aliphatic rings. The summed E-state index contributed by atoms with van der Waals surface area (Å²) in [6, 6.07) is 9.73. The van der Waals surface area contributed by atoms with Gasteiger partial charge in [-0.25, -0.2) is 4.39 Å². The molecule has 0 heterocycles. The number of carbonyl (C=O) groups excluding carboxylic acids is 1. The number of carbonyl (C=O) groups is 1. The van der Waals surface area contributed by atoms with Gasteiger partial charge in [0.15, 0.2) is 0 Å². The highest BCUT2D eigenvalue weighted by atomic mass is 19.1. The Hall–Kier alpha value is -2.56. The Kier molecular flexibility index (Phi) is 3.89. The van der Waals surface area contributed by atoms with Gasteiger partial charge in [0.1, 0.15) is 5.82 Å². The highest BCUT2D eigenvalue weighted by Gasteiger charge is 2.08. The SMILES string of the molecule is CNC(=O)c1ccc(Nc2cccc(F)c2C)c(N)c1. The largest absolute Gasteiger partial charge is 0.397 e. The van der Waals surface area contributed by atoms with Crippen molar-refractivity contribution < 1.29 is 9.18 Å². The van der Waals surface area contributed by atoms with Crippen molar-refractivity contribution in [3.8, 4) is 0 Å². The second-order valence-corrected chi connectivity index (χ2v) is 4.42. The third kappa shape index (κ3) is 2.71. The second-order valence-electron chi connectivity index (χ2n) is 4.42. The van der Waals surface area contributed by atoms with Gasteiger partial charge in [0, 0.05) is 23.9 Å². The van der Waals surface area contributed by atoms with Crippen LogP contribution in [0.5, 0.6) is 0 Å². The van der Waals surface area contributed by atoms with Crippen molar-refractivity contribution in [2.75, 3.05) is 18.1 Å². The van der Waals surface area contributed by atoms with Gasteiger partial charge >= 0.3 is 0 Å². The summed E-state index contributed by atoms with van der Waals surface area (Å²) in [7, 11) is 1.56. The zero-order valence-corrected chi connectivity index (χ0v) is 11.3. The first-order valence-electron chi connectivity index (χ1n) is 6.16. The zero-order valence-electron chi connectivity index (χ0n) is 11.3. The van der Waals surface area contributed by atoms with Gasteiger partial charge in [-0.3, -0.25) is 4.79 Å². The van der Waals surface area contributed by atoms with Crippen LogP contribution >= 0.6 is 0 Å². The van der Waals surface area contributed by atoms with E-state index in [1.165, 1.54) is 6.07 Å².